The minimum atomic E-state index is -0.669. The van der Waals surface area contributed by atoms with Crippen molar-refractivity contribution in [1.29, 1.82) is 0 Å². The molecule has 57 heavy (non-hydrogen) atoms. The summed E-state index contributed by atoms with van der Waals surface area (Å²) in [6.07, 6.45) is 0. The molecular weight excluding hydrogens is 694 g/mol. The third-order valence-corrected chi connectivity index (χ3v) is 12.5. The number of hydrogen-bond acceptors (Lipinski definition) is 1. The predicted octanol–water partition coefficient (Wildman–Crippen LogP) is 14.8. The molecule has 0 aliphatic heterocycles. The average Bonchev–Trinajstić information content (AvgIpc) is 3.74. The van der Waals surface area contributed by atoms with E-state index in [0.717, 1.165) is 39.3 Å². The van der Waals surface area contributed by atoms with Crippen molar-refractivity contribution >= 4 is 49.4 Å². The Morgan fingerprint density at radius 1 is 0.333 bits per heavy atom. The van der Waals surface area contributed by atoms with Gasteiger partial charge in [-0.3, -0.25) is 0 Å². The molecule has 0 bridgehead atoms. The van der Waals surface area contributed by atoms with Gasteiger partial charge in [0.15, 0.2) is 0 Å². The van der Waals surface area contributed by atoms with Gasteiger partial charge >= 0.3 is 0 Å². The van der Waals surface area contributed by atoms with Crippen LogP contribution < -0.4 is 4.90 Å². The predicted molar refractivity (Wildman–Crippen MR) is 235 cm³/mol. The summed E-state index contributed by atoms with van der Waals surface area (Å²) in [4.78, 5) is 2.41. The standard InChI is InChI=1S/C55H34FN/c56-37-27-31-47-52(33-37)55(49-21-10-8-19-45(49)46-20-9-11-22-50(46)55)51-23-12-24-53(54(47)51)57(38-28-25-36(26-29-38)35-13-2-1-3-14-35)39-30-32-44-42-17-5-4-15-40(42)41-16-6-7-18-43(41)48(44)34-39/h1-34H. The van der Waals surface area contributed by atoms with Gasteiger partial charge in [-0.1, -0.05) is 164 Å². The Kier molecular flexibility index (Phi) is 6.80. The topological polar surface area (TPSA) is 3.24 Å². The molecule has 0 heterocycles. The molecule has 2 heteroatoms. The van der Waals surface area contributed by atoms with Gasteiger partial charge < -0.3 is 4.90 Å². The van der Waals surface area contributed by atoms with Crippen LogP contribution in [0, 0.1) is 5.82 Å². The van der Waals surface area contributed by atoms with Gasteiger partial charge in [0.25, 0.3) is 0 Å². The molecule has 10 aromatic carbocycles. The van der Waals surface area contributed by atoms with Gasteiger partial charge in [0.05, 0.1) is 11.1 Å². The van der Waals surface area contributed by atoms with E-state index in [9.17, 15) is 0 Å². The van der Waals surface area contributed by atoms with E-state index in [1.807, 2.05) is 6.07 Å². The normalized spacial score (nSPS) is 13.1. The molecule has 0 saturated heterocycles. The van der Waals surface area contributed by atoms with Crippen molar-refractivity contribution in [2.75, 3.05) is 4.90 Å². The van der Waals surface area contributed by atoms with Crippen molar-refractivity contribution in [3.63, 3.8) is 0 Å². The fraction of sp³-hybridized carbons (Fsp3) is 0.0182. The highest BCUT2D eigenvalue weighted by molar-refractivity contribution is 6.26. The van der Waals surface area contributed by atoms with Crippen LogP contribution in [0.1, 0.15) is 22.3 Å². The number of anilines is 3. The van der Waals surface area contributed by atoms with E-state index in [-0.39, 0.29) is 5.82 Å². The largest absolute Gasteiger partial charge is 0.310 e. The maximum absolute atomic E-state index is 15.7. The average molecular weight is 728 g/mol. The summed E-state index contributed by atoms with van der Waals surface area (Å²) in [5.74, 6) is -0.230. The van der Waals surface area contributed by atoms with Crippen LogP contribution >= 0.6 is 0 Å². The summed E-state index contributed by atoms with van der Waals surface area (Å²) in [5, 5.41) is 7.41. The van der Waals surface area contributed by atoms with E-state index in [4.69, 9.17) is 0 Å². The zero-order valence-corrected chi connectivity index (χ0v) is 31.0. The maximum atomic E-state index is 15.7. The van der Waals surface area contributed by atoms with Crippen molar-refractivity contribution in [3.8, 4) is 33.4 Å². The number of fused-ring (bicyclic) bond motifs is 16. The SMILES string of the molecule is Fc1ccc2c(c1)C1(c3ccccc3-c3ccccc31)c1cccc(N(c3ccc(-c4ccccc4)cc3)c3ccc4c5ccccc5c5ccccc5c4c3)c1-2. The van der Waals surface area contributed by atoms with Gasteiger partial charge in [0, 0.05) is 16.9 Å². The van der Waals surface area contributed by atoms with Gasteiger partial charge in [-0.05, 0) is 125 Å². The molecule has 2 aliphatic rings. The van der Waals surface area contributed by atoms with Crippen LogP contribution in [-0.2, 0) is 5.41 Å². The highest BCUT2D eigenvalue weighted by atomic mass is 19.1. The summed E-state index contributed by atoms with van der Waals surface area (Å²) < 4.78 is 15.7. The summed E-state index contributed by atoms with van der Waals surface area (Å²) >= 11 is 0. The number of nitrogens with zero attached hydrogens (tertiary/aromatic N) is 1. The molecule has 10 aromatic rings. The van der Waals surface area contributed by atoms with Gasteiger partial charge in [0.2, 0.25) is 0 Å². The van der Waals surface area contributed by atoms with E-state index in [1.165, 1.54) is 65.7 Å². The summed E-state index contributed by atoms with van der Waals surface area (Å²) in [7, 11) is 0. The first-order valence-electron chi connectivity index (χ1n) is 19.6. The monoisotopic (exact) mass is 727 g/mol. The molecule has 0 N–H and O–H groups in total. The van der Waals surface area contributed by atoms with E-state index >= 15 is 4.39 Å². The Bertz CT molecular complexity index is 3170. The first-order valence-corrected chi connectivity index (χ1v) is 19.6. The van der Waals surface area contributed by atoms with Gasteiger partial charge in [-0.2, -0.15) is 0 Å². The van der Waals surface area contributed by atoms with Crippen molar-refractivity contribution < 1.29 is 4.39 Å². The molecule has 0 amide bonds. The van der Waals surface area contributed by atoms with Crippen molar-refractivity contribution in [2.24, 2.45) is 0 Å². The van der Waals surface area contributed by atoms with Crippen LogP contribution in [0.25, 0.3) is 65.7 Å². The maximum Gasteiger partial charge on any atom is 0.123 e. The Morgan fingerprint density at radius 2 is 0.860 bits per heavy atom. The zero-order valence-electron chi connectivity index (χ0n) is 31.0. The van der Waals surface area contributed by atoms with Crippen molar-refractivity contribution in [2.45, 2.75) is 5.41 Å². The van der Waals surface area contributed by atoms with Crippen molar-refractivity contribution in [3.05, 3.63) is 234 Å². The van der Waals surface area contributed by atoms with Gasteiger partial charge in [-0.25, -0.2) is 4.39 Å². The van der Waals surface area contributed by atoms with Gasteiger partial charge in [0.1, 0.15) is 5.82 Å². The quantitative estimate of drug-likeness (QED) is 0.163. The molecule has 0 saturated carbocycles. The third kappa shape index (κ3) is 4.44. The van der Waals surface area contributed by atoms with Crippen LogP contribution in [-0.4, -0.2) is 0 Å². The molecule has 12 rings (SSSR count). The first-order chi connectivity index (χ1) is 28.2. The summed E-state index contributed by atoms with van der Waals surface area (Å²) in [6, 6.07) is 73.4. The minimum Gasteiger partial charge on any atom is -0.310 e. The fourth-order valence-corrected chi connectivity index (χ4v) is 10.2. The summed E-state index contributed by atoms with van der Waals surface area (Å²) in [6.45, 7) is 0. The highest BCUT2D eigenvalue weighted by Crippen LogP contribution is 2.64. The molecule has 0 radical (unpaired) electrons. The molecule has 0 fully saturated rings. The Balaban J connectivity index is 1.17. The lowest BCUT2D eigenvalue weighted by Crippen LogP contribution is -2.26. The Labute approximate surface area is 330 Å². The zero-order chi connectivity index (χ0) is 37.7. The first kappa shape index (κ1) is 32.0. The molecule has 0 aromatic heterocycles. The number of rotatable bonds is 4. The smallest absolute Gasteiger partial charge is 0.123 e. The molecule has 0 unspecified atom stereocenters. The number of halogens is 1. The molecule has 2 aliphatic carbocycles. The lowest BCUT2D eigenvalue weighted by Gasteiger charge is -2.32. The molecule has 266 valence electrons. The summed E-state index contributed by atoms with van der Waals surface area (Å²) in [5.41, 5.74) is 13.9. The van der Waals surface area contributed by atoms with Gasteiger partial charge in [-0.15, -0.1) is 0 Å². The molecule has 0 atom stereocenters. The minimum absolute atomic E-state index is 0.230. The number of benzene rings is 10. The van der Waals surface area contributed by atoms with Crippen molar-refractivity contribution in [1.82, 2.24) is 0 Å². The van der Waals surface area contributed by atoms with Crippen LogP contribution in [0.4, 0.5) is 21.5 Å². The molecule has 1 nitrogen and oxygen atoms in total. The second-order valence-electron chi connectivity index (χ2n) is 15.3. The van der Waals surface area contributed by atoms with E-state index < -0.39 is 5.41 Å². The Morgan fingerprint density at radius 3 is 1.53 bits per heavy atom. The van der Waals surface area contributed by atoms with E-state index in [1.54, 1.807) is 12.1 Å². The van der Waals surface area contributed by atoms with Crippen LogP contribution in [0.3, 0.4) is 0 Å². The van der Waals surface area contributed by atoms with Crippen LogP contribution in [0.5, 0.6) is 0 Å². The second kappa shape index (κ2) is 12.1. The van der Waals surface area contributed by atoms with E-state index in [0.29, 0.717) is 0 Å². The fourth-order valence-electron chi connectivity index (χ4n) is 10.2. The van der Waals surface area contributed by atoms with E-state index in [2.05, 4.69) is 193 Å². The lowest BCUT2D eigenvalue weighted by atomic mass is 9.70. The van der Waals surface area contributed by atoms with Crippen LogP contribution in [0.15, 0.2) is 206 Å². The molecule has 1 spiro atoms. The van der Waals surface area contributed by atoms with Crippen LogP contribution in [0.2, 0.25) is 0 Å². The number of hydrogen-bond donors (Lipinski definition) is 0. The highest BCUT2D eigenvalue weighted by Gasteiger charge is 2.52. The third-order valence-electron chi connectivity index (χ3n) is 12.5. The second-order valence-corrected chi connectivity index (χ2v) is 15.3. The molecular formula is C55H34FN. The Hall–Kier alpha value is -7.29. The lowest BCUT2D eigenvalue weighted by molar-refractivity contribution is 0.622.